The molecule has 0 radical (unpaired) electrons. The predicted molar refractivity (Wildman–Crippen MR) is 79.0 cm³/mol. The molecule has 0 unspecified atom stereocenters. The Bertz CT molecular complexity index is 684. The van der Waals surface area contributed by atoms with Gasteiger partial charge < -0.3 is 15.2 Å². The van der Waals surface area contributed by atoms with Gasteiger partial charge in [0.25, 0.3) is 0 Å². The predicted octanol–water partition coefficient (Wildman–Crippen LogP) is 2.84. The molecule has 0 aliphatic carbocycles. The number of aryl methyl sites for hydroxylation is 1. The molecule has 0 bridgehead atoms. The lowest BCUT2D eigenvalue weighted by Gasteiger charge is -2.34. The summed E-state index contributed by atoms with van der Waals surface area (Å²) >= 11 is 0. The van der Waals surface area contributed by atoms with Crippen LogP contribution in [0.3, 0.4) is 0 Å². The summed E-state index contributed by atoms with van der Waals surface area (Å²) in [7, 11) is 1.49. The first-order valence-corrected chi connectivity index (χ1v) is 6.71. The fourth-order valence-electron chi connectivity index (χ4n) is 2.47. The summed E-state index contributed by atoms with van der Waals surface area (Å²) in [6.07, 6.45) is 1.67. The number of nitrogens with two attached hydrogens (primary N) is 1. The van der Waals surface area contributed by atoms with E-state index in [0.717, 1.165) is 16.7 Å². The number of benzene rings is 1. The molecular weight excluding hydrogens is 271 g/mol. The van der Waals surface area contributed by atoms with Gasteiger partial charge >= 0.3 is 0 Å². The van der Waals surface area contributed by atoms with Gasteiger partial charge in [-0.3, -0.25) is 0 Å². The van der Waals surface area contributed by atoms with Gasteiger partial charge in [0.2, 0.25) is 5.88 Å². The first-order valence-electron chi connectivity index (χ1n) is 6.71. The Morgan fingerprint density at radius 1 is 1.33 bits per heavy atom. The first kappa shape index (κ1) is 13.8. The van der Waals surface area contributed by atoms with Gasteiger partial charge in [0.15, 0.2) is 5.67 Å². The van der Waals surface area contributed by atoms with Crippen LogP contribution in [-0.2, 0) is 10.4 Å². The van der Waals surface area contributed by atoms with Crippen molar-refractivity contribution >= 4 is 5.69 Å². The third-order valence-corrected chi connectivity index (χ3v) is 3.76. The highest BCUT2D eigenvalue weighted by molar-refractivity contribution is 5.71. The summed E-state index contributed by atoms with van der Waals surface area (Å²) in [6.45, 7) is 2.05. The van der Waals surface area contributed by atoms with E-state index >= 15 is 0 Å². The summed E-state index contributed by atoms with van der Waals surface area (Å²) in [6, 6.07) is 7.42. The largest absolute Gasteiger partial charge is 0.481 e. The fourth-order valence-corrected chi connectivity index (χ4v) is 2.47. The van der Waals surface area contributed by atoms with Crippen LogP contribution in [0.2, 0.25) is 0 Å². The molecule has 2 heterocycles. The topological polar surface area (TPSA) is 57.4 Å². The van der Waals surface area contributed by atoms with Crippen molar-refractivity contribution in [2.75, 3.05) is 26.1 Å². The van der Waals surface area contributed by atoms with Crippen molar-refractivity contribution < 1.29 is 13.9 Å². The Hall–Kier alpha value is -2.14. The molecule has 4 nitrogen and oxygen atoms in total. The van der Waals surface area contributed by atoms with Crippen molar-refractivity contribution in [3.63, 3.8) is 0 Å². The zero-order valence-electron chi connectivity index (χ0n) is 12.0. The number of methoxy groups -OCH3 is 1. The molecule has 0 amide bonds. The summed E-state index contributed by atoms with van der Waals surface area (Å²) in [5.41, 5.74) is 8.22. The van der Waals surface area contributed by atoms with Crippen LogP contribution in [0, 0.1) is 6.92 Å². The molecule has 21 heavy (non-hydrogen) atoms. The maximum atomic E-state index is 14.7. The standard InChI is InChI=1S/C16H17FN2O2/c1-10-3-4-12(18)6-13(10)11-5-14(15(20-2)19-7-11)16(17)8-21-9-16/h3-7H,8-9,18H2,1-2H3. The van der Waals surface area contributed by atoms with Gasteiger partial charge in [0.1, 0.15) is 0 Å². The molecule has 110 valence electrons. The minimum Gasteiger partial charge on any atom is -0.481 e. The normalized spacial score (nSPS) is 16.3. The molecular formula is C16H17FN2O2. The van der Waals surface area contributed by atoms with Crippen LogP contribution in [0.4, 0.5) is 10.1 Å². The quantitative estimate of drug-likeness (QED) is 0.882. The molecule has 1 aromatic carbocycles. The van der Waals surface area contributed by atoms with E-state index in [-0.39, 0.29) is 13.2 Å². The number of halogens is 1. The number of nitrogens with zero attached hydrogens (tertiary/aromatic N) is 1. The molecule has 5 heteroatoms. The number of alkyl halides is 1. The van der Waals surface area contributed by atoms with Crippen molar-refractivity contribution in [2.45, 2.75) is 12.6 Å². The van der Waals surface area contributed by atoms with Crippen LogP contribution in [0.1, 0.15) is 11.1 Å². The molecule has 1 aliphatic heterocycles. The summed E-state index contributed by atoms with van der Waals surface area (Å²) < 4.78 is 24.9. The third kappa shape index (κ3) is 2.34. The van der Waals surface area contributed by atoms with E-state index in [0.29, 0.717) is 17.1 Å². The van der Waals surface area contributed by atoms with Crippen LogP contribution in [0.25, 0.3) is 11.1 Å². The average Bonchev–Trinajstić information content (AvgIpc) is 2.46. The fraction of sp³-hybridized carbons (Fsp3) is 0.312. The molecule has 0 atom stereocenters. The maximum Gasteiger partial charge on any atom is 0.219 e. The lowest BCUT2D eigenvalue weighted by atomic mass is 9.91. The van der Waals surface area contributed by atoms with E-state index < -0.39 is 5.67 Å². The highest BCUT2D eigenvalue weighted by Gasteiger charge is 2.43. The summed E-state index contributed by atoms with van der Waals surface area (Å²) in [4.78, 5) is 4.23. The smallest absolute Gasteiger partial charge is 0.219 e. The SMILES string of the molecule is COc1ncc(-c2cc(N)ccc2C)cc1C1(F)COC1. The van der Waals surface area contributed by atoms with Gasteiger partial charge in [0.05, 0.1) is 25.9 Å². The number of pyridine rings is 1. The molecule has 2 N–H and O–H groups in total. The molecule has 0 saturated carbocycles. The number of aromatic nitrogens is 1. The first-order chi connectivity index (χ1) is 10.0. The number of anilines is 1. The van der Waals surface area contributed by atoms with E-state index in [1.807, 2.05) is 25.1 Å². The van der Waals surface area contributed by atoms with Crippen molar-refractivity contribution in [2.24, 2.45) is 0 Å². The third-order valence-electron chi connectivity index (χ3n) is 3.76. The van der Waals surface area contributed by atoms with Crippen molar-refractivity contribution in [3.05, 3.63) is 41.6 Å². The zero-order valence-corrected chi connectivity index (χ0v) is 12.0. The molecule has 0 spiro atoms. The van der Waals surface area contributed by atoms with Crippen molar-refractivity contribution in [1.82, 2.24) is 4.98 Å². The van der Waals surface area contributed by atoms with Crippen LogP contribution in [0.5, 0.6) is 5.88 Å². The maximum absolute atomic E-state index is 14.7. The lowest BCUT2D eigenvalue weighted by molar-refractivity contribution is -0.136. The van der Waals surface area contributed by atoms with Crippen LogP contribution < -0.4 is 10.5 Å². The number of nitrogen functional groups attached to an aromatic ring is 1. The van der Waals surface area contributed by atoms with E-state index in [1.54, 1.807) is 12.3 Å². The Kier molecular flexibility index (Phi) is 3.29. The Morgan fingerprint density at radius 3 is 2.71 bits per heavy atom. The molecule has 1 aliphatic rings. The van der Waals surface area contributed by atoms with Gasteiger partial charge in [-0.1, -0.05) is 6.07 Å². The van der Waals surface area contributed by atoms with E-state index in [1.165, 1.54) is 7.11 Å². The van der Waals surface area contributed by atoms with Gasteiger partial charge in [-0.2, -0.15) is 0 Å². The average molecular weight is 288 g/mol. The number of hydrogen-bond donors (Lipinski definition) is 1. The Morgan fingerprint density at radius 2 is 2.10 bits per heavy atom. The molecule has 1 aromatic heterocycles. The second-order valence-corrected chi connectivity index (χ2v) is 5.31. The monoisotopic (exact) mass is 288 g/mol. The zero-order chi connectivity index (χ0) is 15.0. The molecule has 1 fully saturated rings. The van der Waals surface area contributed by atoms with Gasteiger partial charge in [-0.15, -0.1) is 0 Å². The van der Waals surface area contributed by atoms with E-state index in [4.69, 9.17) is 15.2 Å². The minimum atomic E-state index is -1.53. The van der Waals surface area contributed by atoms with Gasteiger partial charge in [-0.25, -0.2) is 9.37 Å². The number of hydrogen-bond acceptors (Lipinski definition) is 4. The number of rotatable bonds is 3. The highest BCUT2D eigenvalue weighted by Crippen LogP contribution is 2.40. The van der Waals surface area contributed by atoms with Gasteiger partial charge in [0, 0.05) is 17.4 Å². The van der Waals surface area contributed by atoms with E-state index in [2.05, 4.69) is 4.98 Å². The molecule has 3 rings (SSSR count). The van der Waals surface area contributed by atoms with Gasteiger partial charge in [-0.05, 0) is 36.2 Å². The van der Waals surface area contributed by atoms with E-state index in [9.17, 15) is 4.39 Å². The summed E-state index contributed by atoms with van der Waals surface area (Å²) in [5, 5.41) is 0. The molecule has 1 saturated heterocycles. The summed E-state index contributed by atoms with van der Waals surface area (Å²) in [5.74, 6) is 0.297. The highest BCUT2D eigenvalue weighted by atomic mass is 19.1. The minimum absolute atomic E-state index is 0.0321. The number of ether oxygens (including phenoxy) is 2. The molecule has 2 aromatic rings. The second kappa shape index (κ2) is 5.00. The Labute approximate surface area is 122 Å². The van der Waals surface area contributed by atoms with Crippen LogP contribution in [0.15, 0.2) is 30.5 Å². The van der Waals surface area contributed by atoms with Crippen molar-refractivity contribution in [1.29, 1.82) is 0 Å². The second-order valence-electron chi connectivity index (χ2n) is 5.31. The van der Waals surface area contributed by atoms with Crippen LogP contribution >= 0.6 is 0 Å². The van der Waals surface area contributed by atoms with Crippen LogP contribution in [-0.4, -0.2) is 25.3 Å². The van der Waals surface area contributed by atoms with Crippen molar-refractivity contribution in [3.8, 4) is 17.0 Å². The Balaban J connectivity index is 2.12. The lowest BCUT2D eigenvalue weighted by Crippen LogP contribution is -2.43.